The molecule has 30 heavy (non-hydrogen) atoms. The van der Waals surface area contributed by atoms with Crippen LogP contribution in [-0.4, -0.2) is 39.4 Å². The number of nitrogens with zero attached hydrogens (tertiary/aromatic N) is 2. The number of carbonyl (C=O) groups is 2. The highest BCUT2D eigenvalue weighted by molar-refractivity contribution is 6.34. The average Bonchev–Trinajstić information content (AvgIpc) is 3.07. The predicted molar refractivity (Wildman–Crippen MR) is 118 cm³/mol. The Balaban J connectivity index is 1.75. The lowest BCUT2D eigenvalue weighted by Gasteiger charge is -2.19. The van der Waals surface area contributed by atoms with E-state index in [0.29, 0.717) is 35.6 Å². The van der Waals surface area contributed by atoms with E-state index < -0.39 is 0 Å². The SMILES string of the molecule is CCN(CC)C(=O)c1ccc(NC(=O)c2ccc(-n3c(C)c[nH]c3=O)cc2)cc1Cl. The summed E-state index contributed by atoms with van der Waals surface area (Å²) in [7, 11) is 0. The molecule has 0 fully saturated rings. The molecule has 0 aliphatic rings. The summed E-state index contributed by atoms with van der Waals surface area (Å²) in [4.78, 5) is 41.2. The van der Waals surface area contributed by atoms with Crippen LogP contribution in [0.1, 0.15) is 40.3 Å². The van der Waals surface area contributed by atoms with Gasteiger partial charge >= 0.3 is 5.69 Å². The summed E-state index contributed by atoms with van der Waals surface area (Å²) in [6.07, 6.45) is 1.63. The molecule has 0 aliphatic heterocycles. The molecule has 3 rings (SSSR count). The molecular weight excluding hydrogens is 404 g/mol. The maximum absolute atomic E-state index is 12.6. The third-order valence-electron chi connectivity index (χ3n) is 4.86. The van der Waals surface area contributed by atoms with Crippen LogP contribution in [0, 0.1) is 6.92 Å². The van der Waals surface area contributed by atoms with Crippen molar-refractivity contribution >= 4 is 29.1 Å². The van der Waals surface area contributed by atoms with Crippen LogP contribution in [0.25, 0.3) is 5.69 Å². The fourth-order valence-electron chi connectivity index (χ4n) is 3.19. The Kier molecular flexibility index (Phi) is 6.42. The van der Waals surface area contributed by atoms with Gasteiger partial charge in [-0.2, -0.15) is 0 Å². The van der Waals surface area contributed by atoms with E-state index in [1.54, 1.807) is 53.6 Å². The number of nitrogens with one attached hydrogen (secondary N) is 2. The molecule has 0 unspecified atom stereocenters. The highest BCUT2D eigenvalue weighted by Crippen LogP contribution is 2.23. The molecule has 2 aromatic carbocycles. The van der Waals surface area contributed by atoms with Crippen molar-refractivity contribution in [1.82, 2.24) is 14.5 Å². The normalized spacial score (nSPS) is 10.7. The first kappa shape index (κ1) is 21.4. The van der Waals surface area contributed by atoms with Gasteiger partial charge in [-0.25, -0.2) is 4.79 Å². The molecule has 7 nitrogen and oxygen atoms in total. The number of amides is 2. The fourth-order valence-corrected chi connectivity index (χ4v) is 3.45. The van der Waals surface area contributed by atoms with Crippen LogP contribution in [0.4, 0.5) is 5.69 Å². The first-order valence-electron chi connectivity index (χ1n) is 9.63. The topological polar surface area (TPSA) is 87.2 Å². The second-order valence-electron chi connectivity index (χ2n) is 6.74. The van der Waals surface area contributed by atoms with Gasteiger partial charge in [-0.1, -0.05) is 11.6 Å². The second-order valence-corrected chi connectivity index (χ2v) is 7.15. The summed E-state index contributed by atoms with van der Waals surface area (Å²) in [6.45, 7) is 6.81. The van der Waals surface area contributed by atoms with E-state index in [9.17, 15) is 14.4 Å². The van der Waals surface area contributed by atoms with Crippen molar-refractivity contribution in [3.05, 3.63) is 81.0 Å². The van der Waals surface area contributed by atoms with Gasteiger partial charge in [0.1, 0.15) is 0 Å². The molecule has 2 amide bonds. The number of aromatic amines is 1. The van der Waals surface area contributed by atoms with Gasteiger partial charge in [-0.05, 0) is 63.2 Å². The van der Waals surface area contributed by atoms with Crippen LogP contribution in [-0.2, 0) is 0 Å². The van der Waals surface area contributed by atoms with Crippen molar-refractivity contribution in [2.24, 2.45) is 0 Å². The minimum Gasteiger partial charge on any atom is -0.339 e. The number of hydrogen-bond acceptors (Lipinski definition) is 3. The van der Waals surface area contributed by atoms with Gasteiger partial charge in [0.15, 0.2) is 0 Å². The Morgan fingerprint density at radius 1 is 1.10 bits per heavy atom. The lowest BCUT2D eigenvalue weighted by molar-refractivity contribution is 0.0773. The van der Waals surface area contributed by atoms with Gasteiger partial charge in [0.2, 0.25) is 0 Å². The highest BCUT2D eigenvalue weighted by Gasteiger charge is 2.17. The largest absolute Gasteiger partial charge is 0.339 e. The molecule has 1 aromatic heterocycles. The summed E-state index contributed by atoms with van der Waals surface area (Å²) in [5.41, 5.74) is 2.51. The van der Waals surface area contributed by atoms with Crippen LogP contribution in [0.15, 0.2) is 53.5 Å². The minimum atomic E-state index is -0.321. The van der Waals surface area contributed by atoms with Crippen LogP contribution in [0.5, 0.6) is 0 Å². The maximum atomic E-state index is 12.6. The van der Waals surface area contributed by atoms with Crippen LogP contribution >= 0.6 is 11.6 Å². The number of aromatic nitrogens is 2. The fraction of sp³-hybridized carbons (Fsp3) is 0.227. The van der Waals surface area contributed by atoms with Crippen LogP contribution in [0.3, 0.4) is 0 Å². The number of anilines is 1. The number of hydrogen-bond donors (Lipinski definition) is 2. The van der Waals surface area contributed by atoms with Gasteiger partial charge in [-0.3, -0.25) is 14.2 Å². The van der Waals surface area contributed by atoms with Gasteiger partial charge < -0.3 is 15.2 Å². The smallest absolute Gasteiger partial charge is 0.330 e. The number of aryl methyl sites for hydroxylation is 1. The predicted octanol–water partition coefficient (Wildman–Crippen LogP) is 3.86. The Bertz CT molecular complexity index is 1130. The van der Waals surface area contributed by atoms with E-state index in [2.05, 4.69) is 10.3 Å². The Morgan fingerprint density at radius 2 is 1.77 bits per heavy atom. The lowest BCUT2D eigenvalue weighted by atomic mass is 10.1. The monoisotopic (exact) mass is 426 g/mol. The van der Waals surface area contributed by atoms with Crippen LogP contribution in [0.2, 0.25) is 5.02 Å². The van der Waals surface area contributed by atoms with Crippen molar-refractivity contribution in [1.29, 1.82) is 0 Å². The molecule has 2 N–H and O–H groups in total. The van der Waals surface area contributed by atoms with E-state index in [4.69, 9.17) is 11.6 Å². The Labute approximate surface area is 179 Å². The first-order valence-corrected chi connectivity index (χ1v) is 10.0. The number of carbonyl (C=O) groups excluding carboxylic acids is 2. The molecule has 0 aliphatic carbocycles. The summed E-state index contributed by atoms with van der Waals surface area (Å²) in [5.74, 6) is -0.465. The molecule has 0 atom stereocenters. The second kappa shape index (κ2) is 9.00. The molecule has 1 heterocycles. The highest BCUT2D eigenvalue weighted by atomic mass is 35.5. The molecular formula is C22H23ClN4O3. The van der Waals surface area contributed by atoms with E-state index >= 15 is 0 Å². The molecule has 3 aromatic rings. The number of imidazole rings is 1. The number of H-pyrrole nitrogens is 1. The Morgan fingerprint density at radius 3 is 2.30 bits per heavy atom. The molecule has 8 heteroatoms. The number of rotatable bonds is 6. The molecule has 156 valence electrons. The number of halogens is 1. The van der Waals surface area contributed by atoms with Crippen molar-refractivity contribution < 1.29 is 9.59 Å². The van der Waals surface area contributed by atoms with E-state index in [-0.39, 0.29) is 22.5 Å². The lowest BCUT2D eigenvalue weighted by Crippen LogP contribution is -2.30. The van der Waals surface area contributed by atoms with E-state index in [1.165, 1.54) is 4.57 Å². The quantitative estimate of drug-likeness (QED) is 0.627. The van der Waals surface area contributed by atoms with Gasteiger partial charge in [0.05, 0.1) is 16.3 Å². The van der Waals surface area contributed by atoms with Crippen molar-refractivity contribution in [3.8, 4) is 5.69 Å². The summed E-state index contributed by atoms with van der Waals surface area (Å²) in [5, 5.41) is 3.06. The van der Waals surface area contributed by atoms with Gasteiger partial charge in [-0.15, -0.1) is 0 Å². The van der Waals surface area contributed by atoms with Crippen LogP contribution < -0.4 is 11.0 Å². The number of benzene rings is 2. The van der Waals surface area contributed by atoms with E-state index in [1.807, 2.05) is 20.8 Å². The summed E-state index contributed by atoms with van der Waals surface area (Å²) in [6, 6.07) is 11.5. The summed E-state index contributed by atoms with van der Waals surface area (Å²) >= 11 is 6.29. The zero-order valence-corrected chi connectivity index (χ0v) is 17.8. The van der Waals surface area contributed by atoms with Crippen molar-refractivity contribution in [3.63, 3.8) is 0 Å². The molecule has 0 bridgehead atoms. The summed E-state index contributed by atoms with van der Waals surface area (Å²) < 4.78 is 1.52. The van der Waals surface area contributed by atoms with Gasteiger partial charge in [0.25, 0.3) is 11.8 Å². The zero-order valence-electron chi connectivity index (χ0n) is 17.0. The molecule has 0 radical (unpaired) electrons. The van der Waals surface area contributed by atoms with Crippen molar-refractivity contribution in [2.45, 2.75) is 20.8 Å². The maximum Gasteiger partial charge on any atom is 0.330 e. The minimum absolute atomic E-state index is 0.145. The third kappa shape index (κ3) is 4.31. The molecule has 0 spiro atoms. The average molecular weight is 427 g/mol. The van der Waals surface area contributed by atoms with E-state index in [0.717, 1.165) is 5.69 Å². The van der Waals surface area contributed by atoms with Crippen molar-refractivity contribution in [2.75, 3.05) is 18.4 Å². The Hall–Kier alpha value is -3.32. The first-order chi connectivity index (χ1) is 14.3. The zero-order chi connectivity index (χ0) is 21.8. The molecule has 0 saturated carbocycles. The third-order valence-corrected chi connectivity index (χ3v) is 5.17. The van der Waals surface area contributed by atoms with Gasteiger partial charge in [0, 0.05) is 36.2 Å². The standard InChI is InChI=1S/C22H23ClN4O3/c1-4-26(5-2)21(29)18-11-8-16(12-19(18)23)25-20(28)15-6-9-17(10-7-15)27-14(3)13-24-22(27)30/h6-13H,4-5H2,1-3H3,(H,24,30)(H,25,28). The molecule has 0 saturated heterocycles.